The zero-order valence-corrected chi connectivity index (χ0v) is 6.45. The maximum Gasteiger partial charge on any atom is 0.0656 e. The van der Waals surface area contributed by atoms with Crippen LogP contribution in [0, 0.1) is 22.8 Å². The van der Waals surface area contributed by atoms with Crippen molar-refractivity contribution in [2.45, 2.75) is 19.3 Å². The van der Waals surface area contributed by atoms with Gasteiger partial charge in [-0.25, -0.2) is 0 Å². The summed E-state index contributed by atoms with van der Waals surface area (Å²) in [6, 6.07) is 2.26. The van der Waals surface area contributed by atoms with Crippen molar-refractivity contribution in [1.82, 2.24) is 5.01 Å². The monoisotopic (exact) mass is 152 g/mol. The van der Waals surface area contributed by atoms with Gasteiger partial charge in [-0.05, 0) is 19.3 Å². The average molecular weight is 152 g/mol. The smallest absolute Gasteiger partial charge is 0.0656 e. The Labute approximate surface area is 66.3 Å². The third kappa shape index (κ3) is 2.19. The van der Waals surface area contributed by atoms with Crippen LogP contribution >= 0.6 is 0 Å². The minimum absolute atomic E-state index is 0.182. The molecular weight excluding hydrogens is 140 g/mol. The molecule has 1 aliphatic heterocycles. The summed E-state index contributed by atoms with van der Waals surface area (Å²) in [5.41, 5.74) is 6.79. The normalized spacial score (nSPS) is 25.4. The third-order valence-electron chi connectivity index (χ3n) is 2.03. The van der Waals surface area contributed by atoms with Crippen molar-refractivity contribution in [3.8, 4) is 6.07 Å². The van der Waals surface area contributed by atoms with Gasteiger partial charge in [0.25, 0.3) is 0 Å². The van der Waals surface area contributed by atoms with E-state index in [4.69, 9.17) is 10.8 Å². The van der Waals surface area contributed by atoms with E-state index in [2.05, 4.69) is 11.3 Å². The summed E-state index contributed by atoms with van der Waals surface area (Å²) in [5, 5.41) is 13.7. The number of rotatable bonds is 1. The molecule has 60 valence electrons. The summed E-state index contributed by atoms with van der Waals surface area (Å²) in [6.45, 7) is 1.60. The minimum atomic E-state index is 0.182. The molecule has 0 aromatic carbocycles. The molecule has 0 saturated carbocycles. The Morgan fingerprint density at radius 3 is 2.91 bits per heavy atom. The predicted octanol–water partition coefficient (Wildman–Crippen LogP) is 1.56. The molecule has 1 fully saturated rings. The molecule has 4 nitrogen and oxygen atoms in total. The molecule has 0 amide bonds. The van der Waals surface area contributed by atoms with E-state index in [0.717, 1.165) is 32.4 Å². The summed E-state index contributed by atoms with van der Waals surface area (Å²) >= 11 is 0. The Kier molecular flexibility index (Phi) is 2.84. The molecule has 4 heteroatoms. The molecule has 1 atom stereocenters. The molecule has 11 heavy (non-hydrogen) atoms. The standard InChI is InChI=1S/C7H12N4/c8-6-7-2-1-4-11(10-9)5-3-7/h7,9H,1-5H2. The first kappa shape index (κ1) is 7.99. The van der Waals surface area contributed by atoms with E-state index in [1.54, 1.807) is 5.01 Å². The Hall–Kier alpha value is -1.11. The lowest BCUT2D eigenvalue weighted by Gasteiger charge is -2.11. The SMILES string of the molecule is N#CC1CCCN(N=N)CC1. The lowest BCUT2D eigenvalue weighted by Crippen LogP contribution is -2.17. The number of nitriles is 1. The summed E-state index contributed by atoms with van der Waals surface area (Å²) in [4.78, 5) is 0. The van der Waals surface area contributed by atoms with Crippen molar-refractivity contribution in [3.63, 3.8) is 0 Å². The lowest BCUT2D eigenvalue weighted by atomic mass is 10.0. The number of nitrogens with zero attached hydrogens (tertiary/aromatic N) is 3. The largest absolute Gasteiger partial charge is 0.279 e. The summed E-state index contributed by atoms with van der Waals surface area (Å²) in [7, 11) is 0. The summed E-state index contributed by atoms with van der Waals surface area (Å²) in [6.07, 6.45) is 2.81. The van der Waals surface area contributed by atoms with Gasteiger partial charge < -0.3 is 0 Å². The van der Waals surface area contributed by atoms with Gasteiger partial charge in [-0.3, -0.25) is 5.01 Å². The Balaban J connectivity index is 2.40. The van der Waals surface area contributed by atoms with Crippen LogP contribution in [0.3, 0.4) is 0 Å². The van der Waals surface area contributed by atoms with Crippen molar-refractivity contribution < 1.29 is 0 Å². The van der Waals surface area contributed by atoms with Crippen LogP contribution in [0.5, 0.6) is 0 Å². The van der Waals surface area contributed by atoms with Gasteiger partial charge in [0.1, 0.15) is 0 Å². The second-order valence-electron chi connectivity index (χ2n) is 2.81. The fraction of sp³-hybridized carbons (Fsp3) is 0.857. The molecule has 1 N–H and O–H groups in total. The van der Waals surface area contributed by atoms with Gasteiger partial charge in [0, 0.05) is 19.0 Å². The number of nitrogens with one attached hydrogen (secondary N) is 1. The number of hydrogen-bond donors (Lipinski definition) is 1. The molecule has 1 unspecified atom stereocenters. The Morgan fingerprint density at radius 1 is 1.45 bits per heavy atom. The van der Waals surface area contributed by atoms with E-state index in [1.807, 2.05) is 0 Å². The highest BCUT2D eigenvalue weighted by Gasteiger charge is 2.14. The molecule has 1 rings (SSSR count). The van der Waals surface area contributed by atoms with E-state index < -0.39 is 0 Å². The van der Waals surface area contributed by atoms with Gasteiger partial charge >= 0.3 is 0 Å². The molecule has 0 bridgehead atoms. The van der Waals surface area contributed by atoms with Crippen molar-refractivity contribution in [2.75, 3.05) is 13.1 Å². The fourth-order valence-corrected chi connectivity index (χ4v) is 1.31. The third-order valence-corrected chi connectivity index (χ3v) is 2.03. The molecule has 0 spiro atoms. The summed E-state index contributed by atoms with van der Waals surface area (Å²) < 4.78 is 0. The molecule has 0 radical (unpaired) electrons. The zero-order chi connectivity index (χ0) is 8.10. The molecule has 1 aliphatic rings. The quantitative estimate of drug-likeness (QED) is 0.579. The van der Waals surface area contributed by atoms with E-state index in [1.165, 1.54) is 0 Å². The minimum Gasteiger partial charge on any atom is -0.279 e. The van der Waals surface area contributed by atoms with Crippen LogP contribution in [0.2, 0.25) is 0 Å². The number of hydrogen-bond acceptors (Lipinski definition) is 3. The van der Waals surface area contributed by atoms with Gasteiger partial charge in [-0.1, -0.05) is 5.22 Å². The van der Waals surface area contributed by atoms with Crippen molar-refractivity contribution in [1.29, 1.82) is 10.8 Å². The fourth-order valence-electron chi connectivity index (χ4n) is 1.31. The van der Waals surface area contributed by atoms with Crippen LogP contribution in [0.1, 0.15) is 19.3 Å². The highest BCUT2D eigenvalue weighted by atomic mass is 15.5. The van der Waals surface area contributed by atoms with Gasteiger partial charge in [-0.15, -0.1) is 0 Å². The van der Waals surface area contributed by atoms with Gasteiger partial charge in [0.15, 0.2) is 0 Å². The first-order valence-corrected chi connectivity index (χ1v) is 3.88. The zero-order valence-electron chi connectivity index (χ0n) is 6.45. The van der Waals surface area contributed by atoms with Crippen molar-refractivity contribution in [3.05, 3.63) is 0 Å². The summed E-state index contributed by atoms with van der Waals surface area (Å²) in [5.74, 6) is 0.182. The average Bonchev–Trinajstić information content (AvgIpc) is 2.28. The molecule has 0 aliphatic carbocycles. The van der Waals surface area contributed by atoms with E-state index >= 15 is 0 Å². The van der Waals surface area contributed by atoms with Gasteiger partial charge in [-0.2, -0.15) is 10.8 Å². The van der Waals surface area contributed by atoms with Crippen molar-refractivity contribution in [2.24, 2.45) is 11.1 Å². The second kappa shape index (κ2) is 3.91. The maximum absolute atomic E-state index is 8.63. The highest BCUT2D eigenvalue weighted by Crippen LogP contribution is 2.16. The molecule has 1 heterocycles. The topological polar surface area (TPSA) is 63.2 Å². The molecule has 0 aromatic rings. The first-order valence-electron chi connectivity index (χ1n) is 3.88. The molecular formula is C7H12N4. The maximum atomic E-state index is 8.63. The predicted molar refractivity (Wildman–Crippen MR) is 39.7 cm³/mol. The van der Waals surface area contributed by atoms with Gasteiger partial charge in [0.2, 0.25) is 0 Å². The van der Waals surface area contributed by atoms with Crippen LogP contribution in [-0.2, 0) is 0 Å². The molecule has 0 aromatic heterocycles. The van der Waals surface area contributed by atoms with E-state index in [-0.39, 0.29) is 5.92 Å². The Bertz CT molecular complexity index is 172. The molecule has 1 saturated heterocycles. The van der Waals surface area contributed by atoms with Crippen molar-refractivity contribution >= 4 is 0 Å². The second-order valence-corrected chi connectivity index (χ2v) is 2.81. The van der Waals surface area contributed by atoms with Crippen LogP contribution in [0.15, 0.2) is 5.22 Å². The highest BCUT2D eigenvalue weighted by molar-refractivity contribution is 4.84. The Morgan fingerprint density at radius 2 is 2.27 bits per heavy atom. The van der Waals surface area contributed by atoms with Crippen LogP contribution in [-0.4, -0.2) is 18.1 Å². The van der Waals surface area contributed by atoms with Gasteiger partial charge in [0.05, 0.1) is 6.07 Å². The van der Waals surface area contributed by atoms with E-state index in [0.29, 0.717) is 0 Å². The van der Waals surface area contributed by atoms with Crippen LogP contribution in [0.4, 0.5) is 0 Å². The van der Waals surface area contributed by atoms with Crippen LogP contribution in [0.25, 0.3) is 0 Å². The van der Waals surface area contributed by atoms with E-state index in [9.17, 15) is 0 Å². The first-order chi connectivity index (χ1) is 5.36. The lowest BCUT2D eigenvalue weighted by molar-refractivity contribution is 0.270. The van der Waals surface area contributed by atoms with Crippen LogP contribution < -0.4 is 0 Å².